The molecule has 4 heteroatoms. The zero-order valence-electron chi connectivity index (χ0n) is 5.88. The molecular weight excluding hydrogens is 172 g/mol. The molecule has 0 unspecified atom stereocenters. The lowest BCUT2D eigenvalue weighted by Crippen LogP contribution is -1.78. The molecule has 0 atom stereocenters. The number of halogens is 1. The summed E-state index contributed by atoms with van der Waals surface area (Å²) < 4.78 is 20.5. The summed E-state index contributed by atoms with van der Waals surface area (Å²) in [6, 6.07) is 0. The molecular formula is C6H11ClO2S. The summed E-state index contributed by atoms with van der Waals surface area (Å²) in [5, 5.41) is 1.03. The average molecular weight is 183 g/mol. The lowest BCUT2D eigenvalue weighted by atomic mass is 10.2. The predicted octanol–water partition coefficient (Wildman–Crippen LogP) is 2.26. The van der Waals surface area contributed by atoms with Crippen LogP contribution in [0.2, 0.25) is 0 Å². The predicted molar refractivity (Wildman–Crippen MR) is 43.4 cm³/mol. The van der Waals surface area contributed by atoms with Crippen LogP contribution in [-0.2, 0) is 9.05 Å². The maximum atomic E-state index is 10.3. The molecule has 10 heavy (non-hydrogen) atoms. The summed E-state index contributed by atoms with van der Waals surface area (Å²) in [4.78, 5) is 0. The number of unbranched alkanes of at least 4 members (excludes halogenated alkanes) is 2. The molecule has 2 nitrogen and oxygen atoms in total. The topological polar surface area (TPSA) is 34.1 Å². The first kappa shape index (κ1) is 9.98. The summed E-state index contributed by atoms with van der Waals surface area (Å²) in [6.07, 6.45) is 4.42. The van der Waals surface area contributed by atoms with Gasteiger partial charge in [-0.05, 0) is 6.42 Å². The third kappa shape index (κ3) is 7.98. The van der Waals surface area contributed by atoms with Gasteiger partial charge in [0.25, 0.3) is 9.05 Å². The van der Waals surface area contributed by atoms with Crippen molar-refractivity contribution in [2.45, 2.75) is 26.2 Å². The fraction of sp³-hybridized carbons (Fsp3) is 0.667. The van der Waals surface area contributed by atoms with Crippen molar-refractivity contribution in [1.82, 2.24) is 0 Å². The van der Waals surface area contributed by atoms with E-state index in [-0.39, 0.29) is 0 Å². The summed E-state index contributed by atoms with van der Waals surface area (Å²) in [5.41, 5.74) is 0. The van der Waals surface area contributed by atoms with E-state index in [0.29, 0.717) is 0 Å². The van der Waals surface area contributed by atoms with Crippen molar-refractivity contribution in [3.05, 3.63) is 11.5 Å². The fourth-order valence-electron chi connectivity index (χ4n) is 0.505. The Morgan fingerprint density at radius 1 is 1.50 bits per heavy atom. The third-order valence-electron chi connectivity index (χ3n) is 0.983. The molecule has 60 valence electrons. The van der Waals surface area contributed by atoms with Gasteiger partial charge < -0.3 is 0 Å². The Balaban J connectivity index is 3.58. The van der Waals surface area contributed by atoms with E-state index >= 15 is 0 Å². The molecule has 0 saturated carbocycles. The first-order chi connectivity index (χ1) is 4.56. The van der Waals surface area contributed by atoms with Gasteiger partial charge in [-0.3, -0.25) is 0 Å². The highest BCUT2D eigenvalue weighted by Crippen LogP contribution is 2.01. The van der Waals surface area contributed by atoms with Gasteiger partial charge in [-0.1, -0.05) is 25.8 Å². The maximum Gasteiger partial charge on any atom is 0.254 e. The van der Waals surface area contributed by atoms with Gasteiger partial charge in [0, 0.05) is 16.1 Å². The average Bonchev–Trinajstić information content (AvgIpc) is 1.78. The Morgan fingerprint density at radius 2 is 2.10 bits per heavy atom. The van der Waals surface area contributed by atoms with Crippen molar-refractivity contribution in [3.8, 4) is 0 Å². The number of allylic oxidation sites excluding steroid dienone is 1. The molecule has 0 aliphatic carbocycles. The second-order valence-electron chi connectivity index (χ2n) is 1.99. The van der Waals surface area contributed by atoms with Crippen LogP contribution in [0.1, 0.15) is 26.2 Å². The Kier molecular flexibility index (Phi) is 4.73. The molecule has 0 N–H and O–H groups in total. The van der Waals surface area contributed by atoms with Gasteiger partial charge in [0.15, 0.2) is 0 Å². The highest BCUT2D eigenvalue weighted by Gasteiger charge is 1.93. The van der Waals surface area contributed by atoms with Crippen LogP contribution in [0.3, 0.4) is 0 Å². The van der Waals surface area contributed by atoms with E-state index in [4.69, 9.17) is 10.7 Å². The van der Waals surface area contributed by atoms with Crippen LogP contribution < -0.4 is 0 Å². The Bertz CT molecular complexity index is 194. The van der Waals surface area contributed by atoms with Crippen molar-refractivity contribution in [1.29, 1.82) is 0 Å². The zero-order valence-corrected chi connectivity index (χ0v) is 7.45. The molecule has 0 bridgehead atoms. The Hall–Kier alpha value is -0.0200. The van der Waals surface area contributed by atoms with Crippen molar-refractivity contribution in [3.63, 3.8) is 0 Å². The highest BCUT2D eigenvalue weighted by atomic mass is 35.7. The first-order valence-electron chi connectivity index (χ1n) is 3.17. The lowest BCUT2D eigenvalue weighted by Gasteiger charge is -1.86. The van der Waals surface area contributed by atoms with Gasteiger partial charge in [0.1, 0.15) is 0 Å². The smallest absolute Gasteiger partial charge is 0.208 e. The van der Waals surface area contributed by atoms with Crippen LogP contribution in [-0.4, -0.2) is 8.42 Å². The molecule has 0 aromatic heterocycles. The number of hydrogen-bond donors (Lipinski definition) is 0. The maximum absolute atomic E-state index is 10.3. The number of rotatable bonds is 4. The SMILES string of the molecule is CCCCC=CS(=O)(=O)Cl. The molecule has 0 aromatic carbocycles. The lowest BCUT2D eigenvalue weighted by molar-refractivity contribution is 0.617. The minimum Gasteiger partial charge on any atom is -0.208 e. The molecule has 0 saturated heterocycles. The monoisotopic (exact) mass is 182 g/mol. The van der Waals surface area contributed by atoms with Crippen LogP contribution in [0.5, 0.6) is 0 Å². The molecule has 0 radical (unpaired) electrons. The quantitative estimate of drug-likeness (QED) is 0.494. The van der Waals surface area contributed by atoms with Gasteiger partial charge in [-0.2, -0.15) is 0 Å². The fourth-order valence-corrected chi connectivity index (χ4v) is 1.09. The molecule has 0 aromatic rings. The van der Waals surface area contributed by atoms with Crippen LogP contribution in [0.25, 0.3) is 0 Å². The van der Waals surface area contributed by atoms with E-state index < -0.39 is 9.05 Å². The second kappa shape index (κ2) is 4.74. The molecule has 0 heterocycles. The zero-order chi connectivity index (χ0) is 8.04. The normalized spacial score (nSPS) is 12.6. The minimum atomic E-state index is -3.41. The van der Waals surface area contributed by atoms with Crippen molar-refractivity contribution < 1.29 is 8.42 Å². The van der Waals surface area contributed by atoms with Gasteiger partial charge >= 0.3 is 0 Å². The summed E-state index contributed by atoms with van der Waals surface area (Å²) in [6.45, 7) is 2.04. The largest absolute Gasteiger partial charge is 0.254 e. The summed E-state index contributed by atoms with van der Waals surface area (Å²) in [5.74, 6) is 0. The van der Waals surface area contributed by atoms with E-state index in [1.165, 1.54) is 0 Å². The van der Waals surface area contributed by atoms with Gasteiger partial charge in [-0.25, -0.2) is 8.42 Å². The molecule has 0 fully saturated rings. The molecule has 0 aliphatic rings. The van der Waals surface area contributed by atoms with Crippen molar-refractivity contribution >= 4 is 19.7 Å². The van der Waals surface area contributed by atoms with Crippen LogP contribution in [0.15, 0.2) is 11.5 Å². The Labute approximate surface area is 66.3 Å². The van der Waals surface area contributed by atoms with Gasteiger partial charge in [-0.15, -0.1) is 0 Å². The van der Waals surface area contributed by atoms with E-state index in [2.05, 4.69) is 0 Å². The standard InChI is InChI=1S/C6H11ClO2S/c1-2-3-4-5-6-10(7,8)9/h5-6H,2-4H2,1H3. The third-order valence-corrected chi connectivity index (χ3v) is 1.81. The number of hydrogen-bond acceptors (Lipinski definition) is 2. The molecule has 0 rings (SSSR count). The molecule has 0 aliphatic heterocycles. The summed E-state index contributed by atoms with van der Waals surface area (Å²) >= 11 is 0. The van der Waals surface area contributed by atoms with E-state index in [9.17, 15) is 8.42 Å². The van der Waals surface area contributed by atoms with Crippen molar-refractivity contribution in [2.24, 2.45) is 0 Å². The minimum absolute atomic E-state index is 0.780. The molecule has 0 spiro atoms. The second-order valence-corrected chi connectivity index (χ2v) is 4.50. The van der Waals surface area contributed by atoms with E-state index in [0.717, 1.165) is 24.7 Å². The Morgan fingerprint density at radius 3 is 2.50 bits per heavy atom. The molecule has 0 amide bonds. The van der Waals surface area contributed by atoms with Gasteiger partial charge in [0.2, 0.25) is 0 Å². The first-order valence-corrected chi connectivity index (χ1v) is 5.54. The van der Waals surface area contributed by atoms with Crippen LogP contribution in [0, 0.1) is 0 Å². The van der Waals surface area contributed by atoms with Gasteiger partial charge in [0.05, 0.1) is 0 Å². The van der Waals surface area contributed by atoms with Crippen LogP contribution in [0.4, 0.5) is 0 Å². The summed E-state index contributed by atoms with van der Waals surface area (Å²) in [7, 11) is 1.48. The van der Waals surface area contributed by atoms with E-state index in [1.54, 1.807) is 6.08 Å². The highest BCUT2D eigenvalue weighted by molar-refractivity contribution is 8.16. The van der Waals surface area contributed by atoms with Crippen molar-refractivity contribution in [2.75, 3.05) is 0 Å². The van der Waals surface area contributed by atoms with Crippen LogP contribution >= 0.6 is 10.7 Å². The van der Waals surface area contributed by atoms with E-state index in [1.807, 2.05) is 6.92 Å².